The molecule has 0 heterocycles. The van der Waals surface area contributed by atoms with Gasteiger partial charge in [0.2, 0.25) is 7.29 Å². The van der Waals surface area contributed by atoms with Gasteiger partial charge in [-0.15, -0.1) is 0 Å². The van der Waals surface area contributed by atoms with Gasteiger partial charge in [-0.25, -0.2) is 4.76 Å². The van der Waals surface area contributed by atoms with Crippen LogP contribution in [0.25, 0.3) is 0 Å². The molecule has 2 aromatic carbocycles. The molecule has 0 aromatic heterocycles. The van der Waals surface area contributed by atoms with E-state index in [9.17, 15) is 4.57 Å². The molecular weight excluding hydrogens is 301 g/mol. The van der Waals surface area contributed by atoms with Crippen molar-refractivity contribution in [2.24, 2.45) is 4.76 Å². The van der Waals surface area contributed by atoms with Gasteiger partial charge in [0.25, 0.3) is 0 Å². The molecular formula is C20H22NOP. The van der Waals surface area contributed by atoms with E-state index in [4.69, 9.17) is 4.76 Å². The third kappa shape index (κ3) is 3.54. The highest BCUT2D eigenvalue weighted by Gasteiger charge is 2.27. The molecule has 0 fully saturated rings. The van der Waals surface area contributed by atoms with Crippen LogP contribution in [0.1, 0.15) is 32.6 Å². The minimum atomic E-state index is -3.00. The van der Waals surface area contributed by atoms with Crippen LogP contribution in [0.3, 0.4) is 0 Å². The second-order valence-corrected chi connectivity index (χ2v) is 8.29. The largest absolute Gasteiger partial charge is 0.288 e. The van der Waals surface area contributed by atoms with Crippen LogP contribution in [0, 0.1) is 0 Å². The molecule has 2 aromatic rings. The monoisotopic (exact) mass is 323 g/mol. The molecule has 0 unspecified atom stereocenters. The molecule has 0 atom stereocenters. The number of hydrogen-bond acceptors (Lipinski definition) is 1. The zero-order chi connectivity index (χ0) is 16.1. The molecule has 23 heavy (non-hydrogen) atoms. The quantitative estimate of drug-likeness (QED) is 0.582. The van der Waals surface area contributed by atoms with Gasteiger partial charge in [-0.1, -0.05) is 42.5 Å². The van der Waals surface area contributed by atoms with Crippen LogP contribution in [-0.2, 0) is 4.57 Å². The topological polar surface area (TPSA) is 29.4 Å². The summed E-state index contributed by atoms with van der Waals surface area (Å²) in [5, 5.41) is 1.59. The van der Waals surface area contributed by atoms with E-state index in [2.05, 4.69) is 6.08 Å². The van der Waals surface area contributed by atoms with E-state index >= 15 is 0 Å². The van der Waals surface area contributed by atoms with Gasteiger partial charge >= 0.3 is 0 Å². The summed E-state index contributed by atoms with van der Waals surface area (Å²) in [5.74, 6) is 0. The molecule has 0 saturated carbocycles. The third-order valence-corrected chi connectivity index (χ3v) is 6.84. The maximum absolute atomic E-state index is 13.9. The van der Waals surface area contributed by atoms with Crippen LogP contribution in [0.4, 0.5) is 0 Å². The third-order valence-electron chi connectivity index (χ3n) is 4.26. The standard InChI is InChI=1S/C20H22NOP/c1-17(18-11-5-2-6-12-18)21-23(22,19-13-7-3-8-14-19)20-15-9-4-10-16-20/h3-4,7-11,13-16H,2,5-6,12H2,1H3/b21-17+. The Morgan fingerprint density at radius 3 is 1.96 bits per heavy atom. The van der Waals surface area contributed by atoms with E-state index in [1.165, 1.54) is 18.4 Å². The molecule has 0 aliphatic heterocycles. The molecule has 0 amide bonds. The second-order valence-electron chi connectivity index (χ2n) is 5.91. The zero-order valence-electron chi connectivity index (χ0n) is 13.5. The molecule has 0 N–H and O–H groups in total. The predicted octanol–water partition coefficient (Wildman–Crippen LogP) is 4.88. The molecule has 3 heteroatoms. The first-order valence-electron chi connectivity index (χ1n) is 8.18. The van der Waals surface area contributed by atoms with E-state index in [0.717, 1.165) is 29.2 Å². The van der Waals surface area contributed by atoms with E-state index in [1.807, 2.05) is 67.6 Å². The summed E-state index contributed by atoms with van der Waals surface area (Å²) in [6.07, 6.45) is 6.83. The molecule has 3 rings (SSSR count). The van der Waals surface area contributed by atoms with Gasteiger partial charge in [-0.2, -0.15) is 0 Å². The SMILES string of the molecule is C/C(=N\P(=O)(c1ccccc1)c1ccccc1)C1=CCCCC1. The van der Waals surface area contributed by atoms with Crippen LogP contribution in [0.2, 0.25) is 0 Å². The number of benzene rings is 2. The first-order valence-corrected chi connectivity index (χ1v) is 9.83. The molecule has 0 spiro atoms. The lowest BCUT2D eigenvalue weighted by molar-refractivity contribution is 0.588. The van der Waals surface area contributed by atoms with Crippen LogP contribution >= 0.6 is 7.29 Å². The minimum absolute atomic E-state index is 0.793. The Morgan fingerprint density at radius 1 is 0.913 bits per heavy atom. The van der Waals surface area contributed by atoms with Crippen molar-refractivity contribution in [1.82, 2.24) is 0 Å². The highest BCUT2D eigenvalue weighted by Crippen LogP contribution is 2.45. The first-order chi connectivity index (χ1) is 11.2. The van der Waals surface area contributed by atoms with Crippen LogP contribution in [-0.4, -0.2) is 5.71 Å². The second kappa shape index (κ2) is 7.10. The van der Waals surface area contributed by atoms with Gasteiger partial charge in [-0.05, 0) is 62.4 Å². The van der Waals surface area contributed by atoms with Crippen LogP contribution < -0.4 is 10.6 Å². The van der Waals surface area contributed by atoms with E-state index in [0.29, 0.717) is 0 Å². The van der Waals surface area contributed by atoms with Gasteiger partial charge in [0.1, 0.15) is 0 Å². The van der Waals surface area contributed by atoms with Crippen LogP contribution in [0.15, 0.2) is 77.1 Å². The molecule has 0 bridgehead atoms. The van der Waals surface area contributed by atoms with E-state index in [-0.39, 0.29) is 0 Å². The fourth-order valence-corrected chi connectivity index (χ4v) is 5.20. The normalized spacial score (nSPS) is 16.0. The average molecular weight is 323 g/mol. The van der Waals surface area contributed by atoms with Crippen molar-refractivity contribution in [1.29, 1.82) is 0 Å². The number of hydrogen-bond donors (Lipinski definition) is 0. The lowest BCUT2D eigenvalue weighted by Gasteiger charge is -2.18. The summed E-state index contributed by atoms with van der Waals surface area (Å²) in [4.78, 5) is 0. The Hall–Kier alpha value is -1.92. The first kappa shape index (κ1) is 16.0. The van der Waals surface area contributed by atoms with E-state index in [1.54, 1.807) is 0 Å². The number of allylic oxidation sites excluding steroid dienone is 2. The summed E-state index contributed by atoms with van der Waals surface area (Å²) in [6, 6.07) is 19.3. The number of nitrogens with zero attached hydrogens (tertiary/aromatic N) is 1. The van der Waals surface area contributed by atoms with Crippen molar-refractivity contribution in [2.45, 2.75) is 32.6 Å². The summed E-state index contributed by atoms with van der Waals surface area (Å²) in [7, 11) is -3.00. The Kier molecular flexibility index (Phi) is 4.93. The van der Waals surface area contributed by atoms with Crippen molar-refractivity contribution >= 4 is 23.6 Å². The van der Waals surface area contributed by atoms with Crippen molar-refractivity contribution < 1.29 is 4.57 Å². The Morgan fingerprint density at radius 2 is 1.48 bits per heavy atom. The fraction of sp³-hybridized carbons (Fsp3) is 0.250. The molecule has 0 radical (unpaired) electrons. The smallest absolute Gasteiger partial charge is 0.247 e. The summed E-state index contributed by atoms with van der Waals surface area (Å²) in [6.45, 7) is 2.00. The van der Waals surface area contributed by atoms with Crippen LogP contribution in [0.5, 0.6) is 0 Å². The molecule has 0 saturated heterocycles. The van der Waals surface area contributed by atoms with E-state index < -0.39 is 7.29 Å². The summed E-state index contributed by atoms with van der Waals surface area (Å²) < 4.78 is 18.6. The van der Waals surface area contributed by atoms with Gasteiger partial charge in [0, 0.05) is 16.3 Å². The minimum Gasteiger partial charge on any atom is -0.288 e. The summed E-state index contributed by atoms with van der Waals surface area (Å²) >= 11 is 0. The Bertz CT molecular complexity index is 719. The fourth-order valence-electron chi connectivity index (χ4n) is 2.97. The van der Waals surface area contributed by atoms with Gasteiger partial charge in [0.15, 0.2) is 0 Å². The highest BCUT2D eigenvalue weighted by atomic mass is 31.2. The molecule has 1 aliphatic carbocycles. The lowest BCUT2D eigenvalue weighted by Crippen LogP contribution is -2.16. The number of rotatable bonds is 4. The predicted molar refractivity (Wildman–Crippen MR) is 99.4 cm³/mol. The van der Waals surface area contributed by atoms with Gasteiger partial charge in [-0.3, -0.25) is 4.57 Å². The van der Waals surface area contributed by atoms with Crippen molar-refractivity contribution in [3.05, 3.63) is 72.3 Å². The zero-order valence-corrected chi connectivity index (χ0v) is 14.4. The Balaban J connectivity index is 2.10. The van der Waals surface area contributed by atoms with Gasteiger partial charge in [0.05, 0.1) is 0 Å². The molecule has 118 valence electrons. The van der Waals surface area contributed by atoms with Gasteiger partial charge < -0.3 is 0 Å². The van der Waals surface area contributed by atoms with Crippen molar-refractivity contribution in [3.8, 4) is 0 Å². The van der Waals surface area contributed by atoms with Crippen molar-refractivity contribution in [2.75, 3.05) is 0 Å². The highest BCUT2D eigenvalue weighted by molar-refractivity contribution is 7.77. The maximum atomic E-state index is 13.9. The maximum Gasteiger partial charge on any atom is 0.247 e. The molecule has 1 aliphatic rings. The average Bonchev–Trinajstić information content (AvgIpc) is 2.64. The van der Waals surface area contributed by atoms with Crippen molar-refractivity contribution in [3.63, 3.8) is 0 Å². The lowest BCUT2D eigenvalue weighted by atomic mass is 9.97. The molecule has 2 nitrogen and oxygen atoms in total. The Labute approximate surface area is 138 Å². The summed E-state index contributed by atoms with van der Waals surface area (Å²) in [5.41, 5.74) is 2.17.